The molecule has 3 nitrogen and oxygen atoms in total. The van der Waals surface area contributed by atoms with Crippen LogP contribution in [0.25, 0.3) is 0 Å². The van der Waals surface area contributed by atoms with Gasteiger partial charge in [0.15, 0.2) is 0 Å². The van der Waals surface area contributed by atoms with Crippen molar-refractivity contribution in [3.05, 3.63) is 75.1 Å². The van der Waals surface area contributed by atoms with E-state index in [1.165, 1.54) is 35.2 Å². The van der Waals surface area contributed by atoms with E-state index in [-0.39, 0.29) is 11.7 Å². The second-order valence-corrected chi connectivity index (χ2v) is 8.00. The van der Waals surface area contributed by atoms with Crippen LogP contribution in [0, 0.1) is 12.7 Å². The van der Waals surface area contributed by atoms with Gasteiger partial charge in [-0.15, -0.1) is 23.1 Å². The lowest BCUT2D eigenvalue weighted by molar-refractivity contribution is 0.102. The van der Waals surface area contributed by atoms with Gasteiger partial charge in [-0.3, -0.25) is 4.79 Å². The van der Waals surface area contributed by atoms with Gasteiger partial charge in [0.1, 0.15) is 10.8 Å². The first kappa shape index (κ1) is 18.9. The lowest BCUT2D eigenvalue weighted by Crippen LogP contribution is -2.12. The Kier molecular flexibility index (Phi) is 5.96. The summed E-state index contributed by atoms with van der Waals surface area (Å²) in [5.74, 6) is -0.537. The average molecular weight is 407 g/mol. The Balaban J connectivity index is 1.79. The Labute approximate surface area is 164 Å². The van der Waals surface area contributed by atoms with E-state index in [9.17, 15) is 9.18 Å². The van der Waals surface area contributed by atoms with Crippen molar-refractivity contribution in [2.75, 3.05) is 11.6 Å². The molecule has 0 radical (unpaired) electrons. The van der Waals surface area contributed by atoms with Crippen LogP contribution >= 0.6 is 34.7 Å². The van der Waals surface area contributed by atoms with Gasteiger partial charge in [0.05, 0.1) is 16.3 Å². The van der Waals surface area contributed by atoms with Gasteiger partial charge in [0.25, 0.3) is 5.91 Å². The fourth-order valence-electron chi connectivity index (χ4n) is 2.53. The molecule has 134 valence electrons. The van der Waals surface area contributed by atoms with Gasteiger partial charge < -0.3 is 5.32 Å². The number of nitrogens with zero attached hydrogens (tertiary/aromatic N) is 1. The summed E-state index contributed by atoms with van der Waals surface area (Å²) < 4.78 is 13.5. The molecule has 0 bridgehead atoms. The third kappa shape index (κ3) is 4.44. The number of hydrogen-bond acceptors (Lipinski definition) is 4. The van der Waals surface area contributed by atoms with Gasteiger partial charge in [0.2, 0.25) is 0 Å². The molecule has 3 rings (SSSR count). The summed E-state index contributed by atoms with van der Waals surface area (Å²) in [6.45, 7) is 1.84. The summed E-state index contributed by atoms with van der Waals surface area (Å²) >= 11 is 8.82. The van der Waals surface area contributed by atoms with E-state index >= 15 is 0 Å². The second-order valence-electron chi connectivity index (χ2n) is 5.63. The molecule has 26 heavy (non-hydrogen) atoms. The molecule has 2 aromatic carbocycles. The highest BCUT2D eigenvalue weighted by Crippen LogP contribution is 2.28. The van der Waals surface area contributed by atoms with Crippen molar-refractivity contribution in [3.8, 4) is 0 Å². The van der Waals surface area contributed by atoms with E-state index in [0.717, 1.165) is 21.2 Å². The number of anilines is 1. The average Bonchev–Trinajstić information content (AvgIpc) is 2.92. The van der Waals surface area contributed by atoms with E-state index in [1.54, 1.807) is 12.1 Å². The molecule has 1 heterocycles. The standard InChI is InChI=1S/C19H16ClFN2OS2/c1-11-19(23-18(24)15-5-3-4-6-16(15)25-2)26-17(22-11)9-12-7-13(20)10-14(21)8-12/h3-8,10H,9H2,1-2H3,(H,23,24). The summed E-state index contributed by atoms with van der Waals surface area (Å²) in [6.07, 6.45) is 2.40. The topological polar surface area (TPSA) is 42.0 Å². The Morgan fingerprint density at radius 2 is 2.08 bits per heavy atom. The van der Waals surface area contributed by atoms with Crippen LogP contribution in [0.4, 0.5) is 9.39 Å². The maximum Gasteiger partial charge on any atom is 0.257 e. The van der Waals surface area contributed by atoms with E-state index in [2.05, 4.69) is 10.3 Å². The molecule has 0 aliphatic carbocycles. The van der Waals surface area contributed by atoms with Crippen molar-refractivity contribution < 1.29 is 9.18 Å². The summed E-state index contributed by atoms with van der Waals surface area (Å²) in [7, 11) is 0. The lowest BCUT2D eigenvalue weighted by Gasteiger charge is -2.07. The molecule has 0 saturated carbocycles. The molecule has 1 aromatic heterocycles. The highest BCUT2D eigenvalue weighted by atomic mass is 35.5. The van der Waals surface area contributed by atoms with Crippen LogP contribution < -0.4 is 5.32 Å². The lowest BCUT2D eigenvalue weighted by atomic mass is 10.1. The quantitative estimate of drug-likeness (QED) is 0.543. The number of hydrogen-bond donors (Lipinski definition) is 1. The molecule has 1 N–H and O–H groups in total. The number of thiazole rings is 1. The maximum atomic E-state index is 13.5. The van der Waals surface area contributed by atoms with Crippen molar-refractivity contribution in [1.29, 1.82) is 0 Å². The molecular formula is C19H16ClFN2OS2. The minimum atomic E-state index is -0.372. The first-order valence-corrected chi connectivity index (χ1v) is 10.2. The van der Waals surface area contributed by atoms with Gasteiger partial charge in [0, 0.05) is 16.3 Å². The van der Waals surface area contributed by atoms with E-state index in [1.807, 2.05) is 31.4 Å². The monoisotopic (exact) mass is 406 g/mol. The van der Waals surface area contributed by atoms with Gasteiger partial charge in [-0.1, -0.05) is 23.7 Å². The number of amides is 1. The van der Waals surface area contributed by atoms with Gasteiger partial charge in [-0.25, -0.2) is 9.37 Å². The zero-order chi connectivity index (χ0) is 18.7. The number of carbonyl (C=O) groups excluding carboxylic acids is 1. The van der Waals surface area contributed by atoms with Gasteiger partial charge in [-0.2, -0.15) is 0 Å². The molecule has 0 aliphatic heterocycles. The third-order valence-electron chi connectivity index (χ3n) is 3.70. The minimum absolute atomic E-state index is 0.165. The molecule has 0 fully saturated rings. The molecule has 3 aromatic rings. The SMILES string of the molecule is CSc1ccccc1C(=O)Nc1sc(Cc2cc(F)cc(Cl)c2)nc1C. The second kappa shape index (κ2) is 8.20. The molecular weight excluding hydrogens is 391 g/mol. The molecule has 7 heteroatoms. The molecule has 0 aliphatic rings. The van der Waals surface area contributed by atoms with Crippen molar-refractivity contribution in [2.24, 2.45) is 0 Å². The van der Waals surface area contributed by atoms with Crippen LogP contribution in [0.1, 0.15) is 26.6 Å². The number of carbonyl (C=O) groups is 1. The van der Waals surface area contributed by atoms with Crippen LogP contribution in [-0.2, 0) is 6.42 Å². The van der Waals surface area contributed by atoms with Crippen molar-refractivity contribution >= 4 is 45.6 Å². The normalized spacial score (nSPS) is 10.8. The molecule has 0 atom stereocenters. The number of rotatable bonds is 5. The van der Waals surface area contributed by atoms with E-state index in [0.29, 0.717) is 22.0 Å². The highest BCUT2D eigenvalue weighted by Gasteiger charge is 2.15. The summed E-state index contributed by atoms with van der Waals surface area (Å²) in [5.41, 5.74) is 2.11. The zero-order valence-corrected chi connectivity index (χ0v) is 16.6. The number of aryl methyl sites for hydroxylation is 1. The van der Waals surface area contributed by atoms with Gasteiger partial charge in [-0.05, 0) is 49.1 Å². The Bertz CT molecular complexity index is 938. The number of thioether (sulfide) groups is 1. The highest BCUT2D eigenvalue weighted by molar-refractivity contribution is 7.98. The number of aromatic nitrogens is 1. The van der Waals surface area contributed by atoms with Crippen molar-refractivity contribution in [2.45, 2.75) is 18.2 Å². The van der Waals surface area contributed by atoms with Crippen LogP contribution in [0.15, 0.2) is 47.4 Å². The van der Waals surface area contributed by atoms with Gasteiger partial charge >= 0.3 is 0 Å². The Morgan fingerprint density at radius 1 is 1.31 bits per heavy atom. The molecule has 0 saturated heterocycles. The maximum absolute atomic E-state index is 13.5. The zero-order valence-electron chi connectivity index (χ0n) is 14.2. The summed E-state index contributed by atoms with van der Waals surface area (Å²) in [4.78, 5) is 18.0. The van der Waals surface area contributed by atoms with Crippen LogP contribution in [0.2, 0.25) is 5.02 Å². The third-order valence-corrected chi connectivity index (χ3v) is 5.78. The number of nitrogens with one attached hydrogen (secondary N) is 1. The minimum Gasteiger partial charge on any atom is -0.312 e. The largest absolute Gasteiger partial charge is 0.312 e. The predicted molar refractivity (Wildman–Crippen MR) is 107 cm³/mol. The smallest absolute Gasteiger partial charge is 0.257 e. The van der Waals surface area contributed by atoms with E-state index in [4.69, 9.17) is 11.6 Å². The first-order valence-electron chi connectivity index (χ1n) is 7.82. The Hall–Kier alpha value is -1.89. The number of benzene rings is 2. The fraction of sp³-hybridized carbons (Fsp3) is 0.158. The number of halogens is 2. The molecule has 0 unspecified atom stereocenters. The predicted octanol–water partition coefficient (Wildman–Crippen LogP) is 5.81. The molecule has 1 amide bonds. The Morgan fingerprint density at radius 3 is 2.81 bits per heavy atom. The van der Waals surface area contributed by atoms with E-state index < -0.39 is 0 Å². The van der Waals surface area contributed by atoms with Crippen LogP contribution in [-0.4, -0.2) is 17.1 Å². The summed E-state index contributed by atoms with van der Waals surface area (Å²) in [6, 6.07) is 11.9. The fourth-order valence-corrected chi connectivity index (χ4v) is 4.37. The van der Waals surface area contributed by atoms with Crippen LogP contribution in [0.3, 0.4) is 0 Å². The molecule has 0 spiro atoms. The van der Waals surface area contributed by atoms with Crippen molar-refractivity contribution in [3.63, 3.8) is 0 Å². The van der Waals surface area contributed by atoms with Crippen LogP contribution in [0.5, 0.6) is 0 Å². The summed E-state index contributed by atoms with van der Waals surface area (Å²) in [5, 5.41) is 4.78. The van der Waals surface area contributed by atoms with Crippen molar-refractivity contribution in [1.82, 2.24) is 4.98 Å². The first-order chi connectivity index (χ1) is 12.5.